The van der Waals surface area contributed by atoms with Crippen LogP contribution in [0.2, 0.25) is 5.02 Å². The lowest BCUT2D eigenvalue weighted by molar-refractivity contribution is -0.137. The summed E-state index contributed by atoms with van der Waals surface area (Å²) >= 11 is 5.88. The van der Waals surface area contributed by atoms with Gasteiger partial charge in [-0.1, -0.05) is 23.7 Å². The smallest absolute Gasteiger partial charge is 0.390 e. The van der Waals surface area contributed by atoms with Gasteiger partial charge >= 0.3 is 6.18 Å². The molecule has 0 saturated carbocycles. The van der Waals surface area contributed by atoms with Crippen molar-refractivity contribution in [3.8, 4) is 0 Å². The first-order chi connectivity index (χ1) is 14.7. The van der Waals surface area contributed by atoms with Gasteiger partial charge in [0.05, 0.1) is 17.7 Å². The molecule has 0 radical (unpaired) electrons. The summed E-state index contributed by atoms with van der Waals surface area (Å²) < 4.78 is 40.0. The van der Waals surface area contributed by atoms with Crippen LogP contribution in [0.4, 0.5) is 18.9 Å². The molecule has 4 rings (SSSR count). The molecule has 2 aromatic carbocycles. The zero-order valence-electron chi connectivity index (χ0n) is 16.7. The van der Waals surface area contributed by atoms with Crippen molar-refractivity contribution in [1.82, 2.24) is 9.80 Å². The van der Waals surface area contributed by atoms with Crippen LogP contribution in [0.5, 0.6) is 0 Å². The topological polar surface area (TPSA) is 47.0 Å². The van der Waals surface area contributed by atoms with Crippen LogP contribution in [0.1, 0.15) is 15.9 Å². The predicted molar refractivity (Wildman–Crippen MR) is 112 cm³/mol. The second-order valence-corrected chi connectivity index (χ2v) is 8.33. The van der Waals surface area contributed by atoms with Gasteiger partial charge < -0.3 is 14.9 Å². The maximum absolute atomic E-state index is 13.3. The second kappa shape index (κ2) is 8.68. The number of β-amino-alcohol motifs (C(OH)–C–C–N with tert-alkyl or cyclic N) is 1. The van der Waals surface area contributed by atoms with Gasteiger partial charge in [-0.2, -0.15) is 13.2 Å². The lowest BCUT2D eigenvalue weighted by atomic mass is 10.1. The fraction of sp³-hybridized carbons (Fsp3) is 0.409. The number of para-hydroxylation sites is 1. The second-order valence-electron chi connectivity index (χ2n) is 7.89. The van der Waals surface area contributed by atoms with E-state index in [1.165, 1.54) is 12.1 Å². The lowest BCUT2D eigenvalue weighted by Crippen LogP contribution is -2.54. The minimum atomic E-state index is -4.40. The molecule has 5 nitrogen and oxygen atoms in total. The van der Waals surface area contributed by atoms with Gasteiger partial charge in [-0.3, -0.25) is 9.69 Å². The molecule has 0 aliphatic carbocycles. The fourth-order valence-electron chi connectivity index (χ4n) is 4.35. The minimum absolute atomic E-state index is 0.170. The van der Waals surface area contributed by atoms with Crippen molar-refractivity contribution in [3.63, 3.8) is 0 Å². The third-order valence-electron chi connectivity index (χ3n) is 5.97. The van der Waals surface area contributed by atoms with Gasteiger partial charge in [-0.05, 0) is 36.4 Å². The number of hydrogen-bond acceptors (Lipinski definition) is 4. The van der Waals surface area contributed by atoms with Gasteiger partial charge in [0.15, 0.2) is 0 Å². The number of halogens is 4. The first-order valence-corrected chi connectivity index (χ1v) is 10.5. The number of anilines is 1. The van der Waals surface area contributed by atoms with Crippen molar-refractivity contribution in [3.05, 3.63) is 64.7 Å². The van der Waals surface area contributed by atoms with E-state index in [2.05, 4.69) is 4.90 Å². The van der Waals surface area contributed by atoms with Crippen LogP contribution in [-0.2, 0) is 6.18 Å². The summed E-state index contributed by atoms with van der Waals surface area (Å²) in [6.45, 7) is 2.46. The van der Waals surface area contributed by atoms with Gasteiger partial charge in [0.25, 0.3) is 5.91 Å². The highest BCUT2D eigenvalue weighted by atomic mass is 35.5. The molecule has 2 aliphatic rings. The van der Waals surface area contributed by atoms with Crippen LogP contribution >= 0.6 is 11.6 Å². The van der Waals surface area contributed by atoms with Crippen LogP contribution in [0.3, 0.4) is 0 Å². The number of alkyl halides is 3. The third kappa shape index (κ3) is 4.66. The number of hydrogen-bond donors (Lipinski definition) is 1. The summed E-state index contributed by atoms with van der Waals surface area (Å²) in [5.41, 5.74) is 0.0519. The molecule has 1 N–H and O–H groups in total. The van der Waals surface area contributed by atoms with Crippen LogP contribution in [-0.4, -0.2) is 72.2 Å². The van der Waals surface area contributed by atoms with Gasteiger partial charge in [0.1, 0.15) is 0 Å². The number of carbonyl (C=O) groups is 1. The van der Waals surface area contributed by atoms with Crippen LogP contribution in [0, 0.1) is 0 Å². The molecule has 2 aliphatic heterocycles. The predicted octanol–water partition coefficient (Wildman–Crippen LogP) is 3.37. The van der Waals surface area contributed by atoms with E-state index in [1.807, 2.05) is 0 Å². The molecule has 1 amide bonds. The van der Waals surface area contributed by atoms with E-state index in [0.29, 0.717) is 43.3 Å². The number of nitrogens with zero attached hydrogens (tertiary/aromatic N) is 3. The number of likely N-dealkylation sites (tertiary alicyclic amines) is 1. The summed E-state index contributed by atoms with van der Waals surface area (Å²) in [5.74, 6) is -0.170. The van der Waals surface area contributed by atoms with E-state index in [-0.39, 0.29) is 24.2 Å². The highest BCUT2D eigenvalue weighted by molar-refractivity contribution is 6.30. The van der Waals surface area contributed by atoms with Crippen molar-refractivity contribution in [2.24, 2.45) is 0 Å². The van der Waals surface area contributed by atoms with E-state index in [1.54, 1.807) is 40.1 Å². The summed E-state index contributed by atoms with van der Waals surface area (Å²) in [6.07, 6.45) is -5.11. The standard InChI is InChI=1S/C22H23ClF3N3O2/c23-16-7-5-15(6-8-16)21(31)29-13-19(20(30)14-29)28-11-9-27(10-12-28)18-4-2-1-3-17(18)22(24,25)26/h1-8,19-20,30H,9-14H2/t19-,20-/m0/s1. The Kier molecular flexibility index (Phi) is 6.14. The number of amides is 1. The van der Waals surface area contributed by atoms with Gasteiger partial charge in [0.2, 0.25) is 0 Å². The lowest BCUT2D eigenvalue weighted by Gasteiger charge is -2.40. The molecular weight excluding hydrogens is 431 g/mol. The molecule has 2 heterocycles. The number of piperazine rings is 1. The van der Waals surface area contributed by atoms with Gasteiger partial charge in [0, 0.05) is 55.5 Å². The van der Waals surface area contributed by atoms with E-state index < -0.39 is 17.8 Å². The van der Waals surface area contributed by atoms with E-state index in [4.69, 9.17) is 11.6 Å². The molecule has 0 spiro atoms. The van der Waals surface area contributed by atoms with Crippen molar-refractivity contribution in [2.45, 2.75) is 18.3 Å². The van der Waals surface area contributed by atoms with Crippen molar-refractivity contribution >= 4 is 23.2 Å². The van der Waals surface area contributed by atoms with E-state index in [0.717, 1.165) is 6.07 Å². The highest BCUT2D eigenvalue weighted by Gasteiger charge is 2.40. The third-order valence-corrected chi connectivity index (χ3v) is 6.22. The summed E-state index contributed by atoms with van der Waals surface area (Å²) in [7, 11) is 0. The Morgan fingerprint density at radius 1 is 0.968 bits per heavy atom. The molecule has 0 unspecified atom stereocenters. The maximum Gasteiger partial charge on any atom is 0.418 e. The Hall–Kier alpha value is -2.29. The Balaban J connectivity index is 1.39. The van der Waals surface area contributed by atoms with Crippen molar-refractivity contribution in [2.75, 3.05) is 44.2 Å². The Labute approximate surface area is 183 Å². The summed E-state index contributed by atoms with van der Waals surface area (Å²) in [4.78, 5) is 18.1. The highest BCUT2D eigenvalue weighted by Crippen LogP contribution is 2.37. The first-order valence-electron chi connectivity index (χ1n) is 10.1. The van der Waals surface area contributed by atoms with Gasteiger partial charge in [-0.15, -0.1) is 0 Å². The molecule has 166 valence electrons. The molecule has 0 aromatic heterocycles. The number of aliphatic hydroxyl groups excluding tert-OH is 1. The molecule has 0 bridgehead atoms. The molecule has 9 heteroatoms. The van der Waals surface area contributed by atoms with Crippen molar-refractivity contribution < 1.29 is 23.1 Å². The summed E-state index contributed by atoms with van der Waals surface area (Å²) in [5, 5.41) is 11.1. The molecule has 2 atom stereocenters. The quantitative estimate of drug-likeness (QED) is 0.774. The zero-order valence-corrected chi connectivity index (χ0v) is 17.5. The van der Waals surface area contributed by atoms with E-state index >= 15 is 0 Å². The Morgan fingerprint density at radius 2 is 1.61 bits per heavy atom. The number of rotatable bonds is 3. The monoisotopic (exact) mass is 453 g/mol. The molecular formula is C22H23ClF3N3O2. The largest absolute Gasteiger partial charge is 0.418 e. The normalized spacial score (nSPS) is 22.7. The molecule has 2 aromatic rings. The molecule has 31 heavy (non-hydrogen) atoms. The fourth-order valence-corrected chi connectivity index (χ4v) is 4.48. The zero-order chi connectivity index (χ0) is 22.2. The number of benzene rings is 2. The minimum Gasteiger partial charge on any atom is -0.390 e. The Morgan fingerprint density at radius 3 is 2.26 bits per heavy atom. The summed E-state index contributed by atoms with van der Waals surface area (Å²) in [6, 6.07) is 12.0. The average molecular weight is 454 g/mol. The number of aliphatic hydroxyl groups is 1. The number of carbonyl (C=O) groups excluding carboxylic acids is 1. The van der Waals surface area contributed by atoms with Gasteiger partial charge in [-0.25, -0.2) is 0 Å². The SMILES string of the molecule is O=C(c1ccc(Cl)cc1)N1C[C@H](O)[C@@H](N2CCN(c3ccccc3C(F)(F)F)CC2)C1. The van der Waals surface area contributed by atoms with E-state index in [9.17, 15) is 23.1 Å². The first kappa shape index (κ1) is 21.9. The van der Waals surface area contributed by atoms with Crippen LogP contribution in [0.15, 0.2) is 48.5 Å². The average Bonchev–Trinajstić information content (AvgIpc) is 3.15. The van der Waals surface area contributed by atoms with Crippen LogP contribution < -0.4 is 4.90 Å². The molecule has 2 saturated heterocycles. The Bertz CT molecular complexity index is 930. The maximum atomic E-state index is 13.3. The van der Waals surface area contributed by atoms with Crippen LogP contribution in [0.25, 0.3) is 0 Å². The molecule has 2 fully saturated rings. The van der Waals surface area contributed by atoms with Crippen molar-refractivity contribution in [1.29, 1.82) is 0 Å².